The molecule has 2 heterocycles. The third kappa shape index (κ3) is 2.89. The SMILES string of the molecule is COC(=O)[C@]12CC[C@H]3CN(C(=O)OCc4ccccc4)[C@H]([C@H]31)[C@H](c1ccccc1)N2. The van der Waals surface area contributed by atoms with Crippen LogP contribution in [0.15, 0.2) is 60.7 Å². The molecule has 1 saturated carbocycles. The molecule has 156 valence electrons. The summed E-state index contributed by atoms with van der Waals surface area (Å²) in [4.78, 5) is 27.8. The average Bonchev–Trinajstić information content (AvgIpc) is 3.46. The summed E-state index contributed by atoms with van der Waals surface area (Å²) in [6, 6.07) is 19.5. The lowest BCUT2D eigenvalue weighted by Crippen LogP contribution is -2.51. The smallest absolute Gasteiger partial charge is 0.410 e. The van der Waals surface area contributed by atoms with Crippen molar-refractivity contribution in [3.63, 3.8) is 0 Å². The minimum Gasteiger partial charge on any atom is -0.468 e. The van der Waals surface area contributed by atoms with Crippen LogP contribution in [0.2, 0.25) is 0 Å². The monoisotopic (exact) mass is 406 g/mol. The van der Waals surface area contributed by atoms with Crippen LogP contribution in [-0.2, 0) is 20.9 Å². The van der Waals surface area contributed by atoms with Crippen molar-refractivity contribution in [3.8, 4) is 0 Å². The van der Waals surface area contributed by atoms with Crippen molar-refractivity contribution in [1.29, 1.82) is 0 Å². The zero-order valence-electron chi connectivity index (χ0n) is 17.0. The van der Waals surface area contributed by atoms with Gasteiger partial charge >= 0.3 is 12.1 Å². The minimum atomic E-state index is -0.737. The molecule has 2 aromatic rings. The molecule has 1 aliphatic carbocycles. The van der Waals surface area contributed by atoms with Crippen LogP contribution in [0.3, 0.4) is 0 Å². The maximum absolute atomic E-state index is 13.1. The summed E-state index contributed by atoms with van der Waals surface area (Å²) in [7, 11) is 1.44. The van der Waals surface area contributed by atoms with Gasteiger partial charge in [-0.25, -0.2) is 4.79 Å². The lowest BCUT2D eigenvalue weighted by molar-refractivity contribution is -0.149. The number of nitrogens with zero attached hydrogens (tertiary/aromatic N) is 1. The van der Waals surface area contributed by atoms with Crippen molar-refractivity contribution >= 4 is 12.1 Å². The summed E-state index contributed by atoms with van der Waals surface area (Å²) < 4.78 is 10.9. The molecule has 3 aliphatic rings. The van der Waals surface area contributed by atoms with Crippen LogP contribution < -0.4 is 5.32 Å². The fraction of sp³-hybridized carbons (Fsp3) is 0.417. The first-order chi connectivity index (χ1) is 14.6. The van der Waals surface area contributed by atoms with E-state index in [1.165, 1.54) is 7.11 Å². The Morgan fingerprint density at radius 3 is 2.50 bits per heavy atom. The molecule has 2 saturated heterocycles. The second kappa shape index (κ2) is 7.43. The number of esters is 1. The summed E-state index contributed by atoms with van der Waals surface area (Å²) in [6.45, 7) is 0.858. The van der Waals surface area contributed by atoms with E-state index in [0.717, 1.165) is 24.0 Å². The molecule has 2 aliphatic heterocycles. The van der Waals surface area contributed by atoms with Crippen molar-refractivity contribution in [2.45, 2.75) is 37.1 Å². The molecule has 0 radical (unpaired) electrons. The van der Waals surface area contributed by atoms with Crippen molar-refractivity contribution in [3.05, 3.63) is 71.8 Å². The highest BCUT2D eigenvalue weighted by Gasteiger charge is 2.69. The number of hydrogen-bond donors (Lipinski definition) is 1. The Hall–Kier alpha value is -2.86. The Bertz CT molecular complexity index is 935. The van der Waals surface area contributed by atoms with E-state index in [-0.39, 0.29) is 42.6 Å². The summed E-state index contributed by atoms with van der Waals surface area (Å²) in [5.41, 5.74) is 1.29. The number of ether oxygens (including phenoxy) is 2. The van der Waals surface area contributed by atoms with Crippen LogP contribution >= 0.6 is 0 Å². The van der Waals surface area contributed by atoms with Gasteiger partial charge in [-0.2, -0.15) is 0 Å². The third-order valence-electron chi connectivity index (χ3n) is 7.05. The van der Waals surface area contributed by atoms with E-state index >= 15 is 0 Å². The number of methoxy groups -OCH3 is 1. The van der Waals surface area contributed by atoms with Gasteiger partial charge in [-0.05, 0) is 29.9 Å². The van der Waals surface area contributed by atoms with Crippen LogP contribution in [0.1, 0.15) is 30.0 Å². The predicted octanol–water partition coefficient (Wildman–Crippen LogP) is 3.29. The molecule has 5 rings (SSSR count). The predicted molar refractivity (Wildman–Crippen MR) is 110 cm³/mol. The summed E-state index contributed by atoms with van der Waals surface area (Å²) in [5, 5.41) is 3.60. The zero-order chi connectivity index (χ0) is 20.7. The van der Waals surface area contributed by atoms with Crippen LogP contribution in [0, 0.1) is 11.8 Å². The number of rotatable bonds is 4. The molecular weight excluding hydrogens is 380 g/mol. The Kier molecular flexibility index (Phi) is 4.74. The van der Waals surface area contributed by atoms with E-state index in [4.69, 9.17) is 9.47 Å². The lowest BCUT2D eigenvalue weighted by Gasteiger charge is -2.28. The average molecular weight is 406 g/mol. The van der Waals surface area contributed by atoms with Gasteiger partial charge in [0, 0.05) is 12.5 Å². The van der Waals surface area contributed by atoms with Crippen LogP contribution in [0.4, 0.5) is 4.79 Å². The zero-order valence-corrected chi connectivity index (χ0v) is 17.0. The van der Waals surface area contributed by atoms with Gasteiger partial charge in [-0.3, -0.25) is 10.1 Å². The number of hydrogen-bond acceptors (Lipinski definition) is 5. The Morgan fingerprint density at radius 1 is 1.10 bits per heavy atom. The van der Waals surface area contributed by atoms with Gasteiger partial charge in [0.15, 0.2) is 0 Å². The number of amides is 1. The quantitative estimate of drug-likeness (QED) is 0.790. The summed E-state index contributed by atoms with van der Waals surface area (Å²) in [5.74, 6) is 0.0666. The third-order valence-corrected chi connectivity index (χ3v) is 7.05. The largest absolute Gasteiger partial charge is 0.468 e. The standard InChI is InChI=1S/C24H26N2O4/c1-29-22(27)24-13-12-18-14-26(23(28)30-15-16-8-4-2-5-9-16)21(19(18)24)20(25-24)17-10-6-3-7-11-17/h2-11,18-21,25H,12-15H2,1H3/t18-,19-,20-,21+,24-/m0/s1. The second-order valence-corrected chi connectivity index (χ2v) is 8.50. The van der Waals surface area contributed by atoms with Crippen molar-refractivity contribution in [2.24, 2.45) is 11.8 Å². The molecule has 0 unspecified atom stereocenters. The molecule has 0 aromatic heterocycles. The number of benzene rings is 2. The lowest BCUT2D eigenvalue weighted by atomic mass is 9.83. The van der Waals surface area contributed by atoms with Crippen LogP contribution in [-0.4, -0.2) is 42.2 Å². The molecule has 0 spiro atoms. The summed E-state index contributed by atoms with van der Waals surface area (Å²) >= 11 is 0. The summed E-state index contributed by atoms with van der Waals surface area (Å²) in [6.07, 6.45) is 1.32. The maximum Gasteiger partial charge on any atom is 0.410 e. The van der Waals surface area contributed by atoms with Gasteiger partial charge in [0.05, 0.1) is 19.2 Å². The van der Waals surface area contributed by atoms with E-state index in [1.807, 2.05) is 65.6 Å². The highest BCUT2D eigenvalue weighted by atomic mass is 16.6. The number of carbonyl (C=O) groups is 2. The molecule has 6 nitrogen and oxygen atoms in total. The molecule has 2 aromatic carbocycles. The highest BCUT2D eigenvalue weighted by Crippen LogP contribution is 2.57. The molecule has 1 N–H and O–H groups in total. The molecule has 3 fully saturated rings. The van der Waals surface area contributed by atoms with Gasteiger partial charge in [0.25, 0.3) is 0 Å². The van der Waals surface area contributed by atoms with Gasteiger partial charge in [0.1, 0.15) is 12.1 Å². The van der Waals surface area contributed by atoms with Gasteiger partial charge in [-0.15, -0.1) is 0 Å². The fourth-order valence-corrected chi connectivity index (χ4v) is 5.84. The maximum atomic E-state index is 13.1. The van der Waals surface area contributed by atoms with Crippen LogP contribution in [0.5, 0.6) is 0 Å². The van der Waals surface area contributed by atoms with Gasteiger partial charge in [0.2, 0.25) is 0 Å². The first kappa shape index (κ1) is 19.1. The van der Waals surface area contributed by atoms with E-state index in [2.05, 4.69) is 5.32 Å². The Morgan fingerprint density at radius 2 is 1.80 bits per heavy atom. The first-order valence-corrected chi connectivity index (χ1v) is 10.5. The van der Waals surface area contributed by atoms with Gasteiger partial charge < -0.3 is 14.4 Å². The second-order valence-electron chi connectivity index (χ2n) is 8.50. The minimum absolute atomic E-state index is 0.0273. The van der Waals surface area contributed by atoms with E-state index < -0.39 is 5.54 Å². The highest BCUT2D eigenvalue weighted by molar-refractivity contribution is 5.84. The van der Waals surface area contributed by atoms with Crippen molar-refractivity contribution < 1.29 is 19.1 Å². The molecule has 0 bridgehead atoms. The number of nitrogens with one attached hydrogen (secondary N) is 1. The molecule has 1 amide bonds. The molecule has 6 heteroatoms. The Labute approximate surface area is 176 Å². The molecule has 5 atom stereocenters. The normalized spacial score (nSPS) is 31.4. The topological polar surface area (TPSA) is 67.9 Å². The molecular formula is C24H26N2O4. The van der Waals surface area contributed by atoms with Crippen LogP contribution in [0.25, 0.3) is 0 Å². The number of carbonyl (C=O) groups excluding carboxylic acids is 2. The van der Waals surface area contributed by atoms with E-state index in [1.54, 1.807) is 0 Å². The first-order valence-electron chi connectivity index (χ1n) is 10.5. The number of likely N-dealkylation sites (tertiary alicyclic amines) is 1. The molecule has 30 heavy (non-hydrogen) atoms. The van der Waals surface area contributed by atoms with Gasteiger partial charge in [-0.1, -0.05) is 60.7 Å². The van der Waals surface area contributed by atoms with E-state index in [0.29, 0.717) is 6.54 Å². The van der Waals surface area contributed by atoms with Crippen molar-refractivity contribution in [2.75, 3.05) is 13.7 Å². The Balaban J connectivity index is 1.44. The fourth-order valence-electron chi connectivity index (χ4n) is 5.84. The van der Waals surface area contributed by atoms with E-state index in [9.17, 15) is 9.59 Å². The van der Waals surface area contributed by atoms with Crippen molar-refractivity contribution in [1.82, 2.24) is 10.2 Å².